The lowest BCUT2D eigenvalue weighted by Gasteiger charge is -2.17. The number of amides is 1. The Labute approximate surface area is 158 Å². The predicted octanol–water partition coefficient (Wildman–Crippen LogP) is 3.46. The van der Waals surface area contributed by atoms with E-state index >= 15 is 0 Å². The zero-order chi connectivity index (χ0) is 19.4. The summed E-state index contributed by atoms with van der Waals surface area (Å²) < 4.78 is 10.5. The summed E-state index contributed by atoms with van der Waals surface area (Å²) in [6.07, 6.45) is 4.06. The van der Waals surface area contributed by atoms with Crippen molar-refractivity contribution in [1.29, 1.82) is 0 Å². The van der Waals surface area contributed by atoms with Gasteiger partial charge in [-0.1, -0.05) is 45.7 Å². The second-order valence-corrected chi connectivity index (χ2v) is 7.55. The molecule has 9 nitrogen and oxygen atoms in total. The summed E-state index contributed by atoms with van der Waals surface area (Å²) in [6.45, 7) is 9.09. The first-order chi connectivity index (χ1) is 12.9. The van der Waals surface area contributed by atoms with Gasteiger partial charge in [0.25, 0.3) is 0 Å². The van der Waals surface area contributed by atoms with Crippen LogP contribution in [0, 0.1) is 0 Å². The molecule has 146 valence electrons. The molecule has 3 heterocycles. The van der Waals surface area contributed by atoms with E-state index in [1.54, 1.807) is 12.3 Å². The molecule has 27 heavy (non-hydrogen) atoms. The van der Waals surface area contributed by atoms with Crippen LogP contribution in [0.2, 0.25) is 0 Å². The van der Waals surface area contributed by atoms with Gasteiger partial charge in [-0.3, -0.25) is 4.90 Å². The maximum Gasteiger partial charge on any atom is 0.415 e. The largest absolute Gasteiger partial charge is 0.447 e. The molecule has 9 heteroatoms. The fraction of sp³-hybridized carbons (Fsp3) is 0.611. The van der Waals surface area contributed by atoms with Gasteiger partial charge in [0.2, 0.25) is 11.8 Å². The Morgan fingerprint density at radius 1 is 1.33 bits per heavy atom. The van der Waals surface area contributed by atoms with Crippen LogP contribution in [0.15, 0.2) is 16.8 Å². The van der Waals surface area contributed by atoms with Gasteiger partial charge in [0, 0.05) is 11.6 Å². The van der Waals surface area contributed by atoms with Crippen LogP contribution in [0.5, 0.6) is 0 Å². The number of carbonyl (C=O) groups is 1. The van der Waals surface area contributed by atoms with Crippen molar-refractivity contribution < 1.29 is 14.1 Å². The van der Waals surface area contributed by atoms with Gasteiger partial charge in [0.1, 0.15) is 18.5 Å². The van der Waals surface area contributed by atoms with E-state index < -0.39 is 6.09 Å². The Morgan fingerprint density at radius 2 is 2.15 bits per heavy atom. The minimum Gasteiger partial charge on any atom is -0.447 e. The normalized spacial score (nSPS) is 15.7. The van der Waals surface area contributed by atoms with Crippen molar-refractivity contribution in [3.63, 3.8) is 0 Å². The van der Waals surface area contributed by atoms with Crippen LogP contribution in [0.1, 0.15) is 64.7 Å². The minimum absolute atomic E-state index is 0.191. The molecule has 1 saturated heterocycles. The van der Waals surface area contributed by atoms with Crippen molar-refractivity contribution in [2.24, 2.45) is 0 Å². The summed E-state index contributed by atoms with van der Waals surface area (Å²) in [7, 11) is 0. The lowest BCUT2D eigenvalue weighted by atomic mass is 9.96. The van der Waals surface area contributed by atoms with Gasteiger partial charge in [-0.15, -0.1) is 0 Å². The Bertz CT molecular complexity index is 785. The Morgan fingerprint density at radius 3 is 2.78 bits per heavy atom. The van der Waals surface area contributed by atoms with Gasteiger partial charge in [-0.05, 0) is 12.5 Å². The molecular formula is C18H26N6O3. The molecule has 1 amide bonds. The van der Waals surface area contributed by atoms with E-state index in [-0.39, 0.29) is 11.5 Å². The third-order valence-electron chi connectivity index (χ3n) is 4.24. The summed E-state index contributed by atoms with van der Waals surface area (Å²) in [5, 5.41) is 7.39. The Hall–Kier alpha value is -2.71. The van der Waals surface area contributed by atoms with Gasteiger partial charge < -0.3 is 14.6 Å². The maximum absolute atomic E-state index is 11.8. The molecule has 1 N–H and O–H groups in total. The highest BCUT2D eigenvalue weighted by atomic mass is 16.6. The molecule has 1 unspecified atom stereocenters. The summed E-state index contributed by atoms with van der Waals surface area (Å²) in [5.74, 6) is 2.09. The molecule has 2 aromatic heterocycles. The van der Waals surface area contributed by atoms with Crippen LogP contribution in [-0.4, -0.2) is 39.4 Å². The Kier molecular flexibility index (Phi) is 5.57. The number of aromatic nitrogens is 4. The van der Waals surface area contributed by atoms with Crippen LogP contribution in [0.4, 0.5) is 16.6 Å². The van der Waals surface area contributed by atoms with Crippen molar-refractivity contribution in [2.45, 2.75) is 58.4 Å². The van der Waals surface area contributed by atoms with Crippen molar-refractivity contribution >= 4 is 17.9 Å². The van der Waals surface area contributed by atoms with Crippen LogP contribution in [0.25, 0.3) is 0 Å². The van der Waals surface area contributed by atoms with E-state index in [2.05, 4.69) is 32.3 Å². The lowest BCUT2D eigenvalue weighted by molar-refractivity contribution is 0.181. The second kappa shape index (κ2) is 7.89. The molecule has 0 bridgehead atoms. The van der Waals surface area contributed by atoms with E-state index in [1.165, 1.54) is 4.90 Å². The first-order valence-corrected chi connectivity index (χ1v) is 9.26. The van der Waals surface area contributed by atoms with E-state index in [0.717, 1.165) is 19.3 Å². The number of anilines is 2. The molecular weight excluding hydrogens is 348 g/mol. The van der Waals surface area contributed by atoms with E-state index in [0.29, 0.717) is 36.6 Å². The van der Waals surface area contributed by atoms with Gasteiger partial charge >= 0.3 is 6.09 Å². The van der Waals surface area contributed by atoms with E-state index in [9.17, 15) is 4.79 Å². The molecule has 2 aromatic rings. The SMILES string of the molecule is CCCCC(Nc1nccc(N2CCOC2=O)n1)c1nc(C(C)(C)C)no1. The van der Waals surface area contributed by atoms with Crippen LogP contribution in [0.3, 0.4) is 0 Å². The molecule has 1 atom stereocenters. The molecule has 0 aliphatic carbocycles. The number of rotatable bonds is 7. The summed E-state index contributed by atoms with van der Waals surface area (Å²) in [6, 6.07) is 1.48. The average Bonchev–Trinajstić information content (AvgIpc) is 3.27. The third kappa shape index (κ3) is 4.53. The average molecular weight is 374 g/mol. The van der Waals surface area contributed by atoms with Crippen molar-refractivity contribution in [3.05, 3.63) is 24.0 Å². The van der Waals surface area contributed by atoms with Crippen molar-refractivity contribution in [3.8, 4) is 0 Å². The topological polar surface area (TPSA) is 106 Å². The highest BCUT2D eigenvalue weighted by Crippen LogP contribution is 2.26. The number of cyclic esters (lactones) is 1. The predicted molar refractivity (Wildman–Crippen MR) is 99.6 cm³/mol. The smallest absolute Gasteiger partial charge is 0.415 e. The highest BCUT2D eigenvalue weighted by Gasteiger charge is 2.27. The standard InChI is InChI=1S/C18H26N6O3/c1-5-6-7-12(14-22-15(23-27-14)18(2,3)4)20-16-19-9-8-13(21-16)24-10-11-26-17(24)25/h8-9,12H,5-7,10-11H2,1-4H3,(H,19,20,21). The number of unbranched alkanes of at least 4 members (excludes halogenated alkanes) is 1. The van der Waals surface area contributed by atoms with Gasteiger partial charge in [-0.2, -0.15) is 9.97 Å². The van der Waals surface area contributed by atoms with Crippen LogP contribution < -0.4 is 10.2 Å². The minimum atomic E-state index is -0.395. The molecule has 1 aliphatic heterocycles. The molecule has 1 aliphatic rings. The first-order valence-electron chi connectivity index (χ1n) is 9.26. The molecule has 0 aromatic carbocycles. The van der Waals surface area contributed by atoms with E-state index in [4.69, 9.17) is 9.26 Å². The van der Waals surface area contributed by atoms with Crippen LogP contribution >= 0.6 is 0 Å². The quantitative estimate of drug-likeness (QED) is 0.785. The van der Waals surface area contributed by atoms with Crippen LogP contribution in [-0.2, 0) is 10.2 Å². The van der Waals surface area contributed by atoms with Crippen molar-refractivity contribution in [1.82, 2.24) is 20.1 Å². The summed E-state index contributed by atoms with van der Waals surface area (Å²) >= 11 is 0. The highest BCUT2D eigenvalue weighted by molar-refractivity contribution is 5.88. The first kappa shape index (κ1) is 19.1. The second-order valence-electron chi connectivity index (χ2n) is 7.55. The number of nitrogens with zero attached hydrogens (tertiary/aromatic N) is 5. The maximum atomic E-state index is 11.8. The number of hydrogen-bond donors (Lipinski definition) is 1. The number of carbonyl (C=O) groups excluding carboxylic acids is 1. The molecule has 0 spiro atoms. The van der Waals surface area contributed by atoms with E-state index in [1.807, 2.05) is 20.8 Å². The zero-order valence-electron chi connectivity index (χ0n) is 16.2. The molecule has 0 saturated carbocycles. The van der Waals surface area contributed by atoms with Gasteiger partial charge in [0.05, 0.1) is 6.54 Å². The monoisotopic (exact) mass is 374 g/mol. The number of nitrogens with one attached hydrogen (secondary N) is 1. The van der Waals surface area contributed by atoms with Crippen molar-refractivity contribution in [2.75, 3.05) is 23.4 Å². The fourth-order valence-corrected chi connectivity index (χ4v) is 2.67. The molecule has 0 radical (unpaired) electrons. The summed E-state index contributed by atoms with van der Waals surface area (Å²) in [4.78, 5) is 26.5. The van der Waals surface area contributed by atoms with Gasteiger partial charge in [-0.25, -0.2) is 9.78 Å². The molecule has 3 rings (SSSR count). The number of hydrogen-bond acceptors (Lipinski definition) is 8. The Balaban J connectivity index is 1.80. The fourth-order valence-electron chi connectivity index (χ4n) is 2.67. The zero-order valence-corrected chi connectivity index (χ0v) is 16.2. The lowest BCUT2D eigenvalue weighted by Crippen LogP contribution is -2.25. The number of ether oxygens (including phenoxy) is 1. The van der Waals surface area contributed by atoms with Gasteiger partial charge in [0.15, 0.2) is 5.82 Å². The summed E-state index contributed by atoms with van der Waals surface area (Å²) in [5.41, 5.74) is -0.191. The molecule has 1 fully saturated rings. The third-order valence-corrected chi connectivity index (χ3v) is 4.24.